The minimum absolute atomic E-state index is 1.18. The van der Waals surface area contributed by atoms with Crippen LogP contribution in [-0.4, -0.2) is 9.13 Å². The van der Waals surface area contributed by atoms with Gasteiger partial charge in [0.2, 0.25) is 0 Å². The van der Waals surface area contributed by atoms with Crippen molar-refractivity contribution in [1.82, 2.24) is 9.13 Å². The van der Waals surface area contributed by atoms with Crippen molar-refractivity contribution < 1.29 is 0 Å². The fraction of sp³-hybridized carbons (Fsp3) is 0.100. The summed E-state index contributed by atoms with van der Waals surface area (Å²) < 4.78 is 4.86. The summed E-state index contributed by atoms with van der Waals surface area (Å²) in [6.45, 7) is 9.15. The molecule has 0 saturated carbocycles. The fourth-order valence-corrected chi connectivity index (χ4v) is 7.20. The molecule has 0 atom stereocenters. The van der Waals surface area contributed by atoms with E-state index in [4.69, 9.17) is 0 Å². The second-order valence-electron chi connectivity index (χ2n) is 11.5. The van der Waals surface area contributed by atoms with E-state index in [9.17, 15) is 0 Å². The van der Waals surface area contributed by atoms with Crippen molar-refractivity contribution in [3.63, 3.8) is 0 Å². The molecule has 42 heavy (non-hydrogen) atoms. The Bertz CT molecular complexity index is 2190. The van der Waals surface area contributed by atoms with Crippen LogP contribution in [-0.2, 0) is 0 Å². The summed E-state index contributed by atoms with van der Waals surface area (Å²) in [4.78, 5) is 0. The van der Waals surface area contributed by atoms with Gasteiger partial charge in [-0.15, -0.1) is 0 Å². The molecule has 0 amide bonds. The van der Waals surface area contributed by atoms with Crippen LogP contribution >= 0.6 is 0 Å². The second kappa shape index (κ2) is 9.22. The van der Waals surface area contributed by atoms with Crippen molar-refractivity contribution in [1.29, 1.82) is 0 Å². The maximum Gasteiger partial charge on any atom is 0.0541 e. The van der Waals surface area contributed by atoms with Crippen molar-refractivity contribution in [3.8, 4) is 22.5 Å². The van der Waals surface area contributed by atoms with Gasteiger partial charge in [-0.25, -0.2) is 0 Å². The van der Waals surface area contributed by atoms with Crippen LogP contribution in [0.15, 0.2) is 121 Å². The lowest BCUT2D eigenvalue weighted by atomic mass is 9.88. The molecule has 0 saturated heterocycles. The summed E-state index contributed by atoms with van der Waals surface area (Å²) in [6, 6.07) is 44.1. The summed E-state index contributed by atoms with van der Waals surface area (Å²) in [5.41, 5.74) is 15.4. The Kier molecular flexibility index (Phi) is 5.42. The molecule has 8 aromatic rings. The van der Waals surface area contributed by atoms with Crippen molar-refractivity contribution in [3.05, 3.63) is 144 Å². The molecule has 0 aliphatic carbocycles. The quantitative estimate of drug-likeness (QED) is 0.211. The number of para-hydroxylation sites is 4. The van der Waals surface area contributed by atoms with Gasteiger partial charge in [0.15, 0.2) is 0 Å². The van der Waals surface area contributed by atoms with Gasteiger partial charge >= 0.3 is 0 Å². The Morgan fingerprint density at radius 2 is 0.714 bits per heavy atom. The number of rotatable bonds is 3. The average molecular weight is 541 g/mol. The van der Waals surface area contributed by atoms with E-state index in [-0.39, 0.29) is 0 Å². The molecule has 0 fully saturated rings. The van der Waals surface area contributed by atoms with Crippen LogP contribution in [0, 0.1) is 27.7 Å². The molecular formula is C40H32N2. The van der Waals surface area contributed by atoms with Gasteiger partial charge in [0.1, 0.15) is 0 Å². The van der Waals surface area contributed by atoms with Crippen LogP contribution in [0.4, 0.5) is 0 Å². The van der Waals surface area contributed by atoms with Crippen molar-refractivity contribution >= 4 is 43.6 Å². The molecular weight excluding hydrogens is 508 g/mol. The largest absolute Gasteiger partial charge is 0.309 e. The van der Waals surface area contributed by atoms with Crippen LogP contribution in [0.5, 0.6) is 0 Å². The lowest BCUT2D eigenvalue weighted by Crippen LogP contribution is -2.06. The van der Waals surface area contributed by atoms with Crippen LogP contribution in [0.1, 0.15) is 22.3 Å². The first-order valence-electron chi connectivity index (χ1n) is 14.7. The normalized spacial score (nSPS) is 11.8. The van der Waals surface area contributed by atoms with Crippen LogP contribution in [0.25, 0.3) is 66.1 Å². The lowest BCUT2D eigenvalue weighted by Gasteiger charge is -2.23. The molecule has 202 valence electrons. The van der Waals surface area contributed by atoms with Crippen molar-refractivity contribution in [2.75, 3.05) is 0 Å². The Labute approximate surface area is 246 Å². The minimum Gasteiger partial charge on any atom is -0.309 e. The fourth-order valence-electron chi connectivity index (χ4n) is 7.20. The van der Waals surface area contributed by atoms with Gasteiger partial charge in [-0.05, 0) is 97.5 Å². The topological polar surface area (TPSA) is 9.86 Å². The zero-order chi connectivity index (χ0) is 28.5. The summed E-state index contributed by atoms with van der Waals surface area (Å²) in [5.74, 6) is 0. The van der Waals surface area contributed by atoms with E-state index >= 15 is 0 Å². The average Bonchev–Trinajstić information content (AvgIpc) is 3.54. The molecule has 0 bridgehead atoms. The zero-order valence-corrected chi connectivity index (χ0v) is 24.4. The Balaban J connectivity index is 1.31. The number of hydrogen-bond donors (Lipinski definition) is 0. The number of fused-ring (bicyclic) bond motifs is 6. The maximum absolute atomic E-state index is 2.48. The highest BCUT2D eigenvalue weighted by atomic mass is 15.0. The Morgan fingerprint density at radius 3 is 1.12 bits per heavy atom. The van der Waals surface area contributed by atoms with Gasteiger partial charge in [0.05, 0.1) is 27.8 Å². The highest BCUT2D eigenvalue weighted by molar-refractivity contribution is 6.10. The monoisotopic (exact) mass is 540 g/mol. The summed E-state index contributed by atoms with van der Waals surface area (Å²) in [6.07, 6.45) is 0. The summed E-state index contributed by atoms with van der Waals surface area (Å²) in [5, 5.41) is 5.17. The van der Waals surface area contributed by atoms with E-state index in [0.717, 1.165) is 0 Å². The highest BCUT2D eigenvalue weighted by Crippen LogP contribution is 2.41. The van der Waals surface area contributed by atoms with Crippen LogP contribution in [0.3, 0.4) is 0 Å². The van der Waals surface area contributed by atoms with Crippen molar-refractivity contribution in [2.24, 2.45) is 0 Å². The van der Waals surface area contributed by atoms with Crippen LogP contribution < -0.4 is 0 Å². The van der Waals surface area contributed by atoms with Gasteiger partial charge in [-0.2, -0.15) is 0 Å². The zero-order valence-electron chi connectivity index (χ0n) is 24.4. The predicted octanol–water partition coefficient (Wildman–Crippen LogP) is 10.8. The Hall–Kier alpha value is -5.08. The molecule has 2 aromatic heterocycles. The van der Waals surface area contributed by atoms with Crippen LogP contribution in [0.2, 0.25) is 0 Å². The molecule has 6 aromatic carbocycles. The van der Waals surface area contributed by atoms with E-state index < -0.39 is 0 Å². The summed E-state index contributed by atoms with van der Waals surface area (Å²) in [7, 11) is 0. The third kappa shape index (κ3) is 3.39. The SMILES string of the molecule is Cc1c(C)c(-n2c3ccccc3c3ccccc32)c(C)c(C)c1-c1ccc(-n2c3ccccc3c3ccccc32)cc1. The molecule has 2 nitrogen and oxygen atoms in total. The number of hydrogen-bond acceptors (Lipinski definition) is 0. The van der Waals surface area contributed by atoms with E-state index in [0.29, 0.717) is 0 Å². The third-order valence-electron chi connectivity index (χ3n) is 9.38. The molecule has 0 radical (unpaired) electrons. The van der Waals surface area contributed by atoms with Gasteiger partial charge in [-0.3, -0.25) is 0 Å². The standard InChI is InChI=1S/C40H32N2/c1-25-27(3)40(42-37-19-11-7-15-33(37)34-16-8-12-20-38(34)42)28(4)26(2)39(25)29-21-23-30(24-22-29)41-35-17-9-5-13-31(35)32-14-6-10-18-36(32)41/h5-24H,1-4H3. The number of nitrogens with zero attached hydrogens (tertiary/aromatic N) is 2. The van der Waals surface area contributed by atoms with Gasteiger partial charge in [0, 0.05) is 27.2 Å². The maximum atomic E-state index is 2.48. The van der Waals surface area contributed by atoms with E-state index in [2.05, 4.69) is 158 Å². The number of aromatic nitrogens is 2. The first-order valence-corrected chi connectivity index (χ1v) is 14.7. The molecule has 0 aliphatic rings. The lowest BCUT2D eigenvalue weighted by molar-refractivity contribution is 1.09. The van der Waals surface area contributed by atoms with E-state index in [1.807, 2.05) is 0 Å². The van der Waals surface area contributed by atoms with Gasteiger partial charge in [0.25, 0.3) is 0 Å². The minimum atomic E-state index is 1.18. The molecule has 0 unspecified atom stereocenters. The molecule has 2 heterocycles. The first kappa shape index (κ1) is 24.7. The molecule has 8 rings (SSSR count). The number of benzene rings is 6. The second-order valence-corrected chi connectivity index (χ2v) is 11.5. The first-order chi connectivity index (χ1) is 20.5. The summed E-state index contributed by atoms with van der Waals surface area (Å²) >= 11 is 0. The Morgan fingerprint density at radius 1 is 0.357 bits per heavy atom. The molecule has 0 spiro atoms. The van der Waals surface area contributed by atoms with Gasteiger partial charge in [-0.1, -0.05) is 84.9 Å². The molecule has 2 heteroatoms. The van der Waals surface area contributed by atoms with E-state index in [1.54, 1.807) is 0 Å². The predicted molar refractivity (Wildman–Crippen MR) is 180 cm³/mol. The van der Waals surface area contributed by atoms with E-state index in [1.165, 1.54) is 88.4 Å². The van der Waals surface area contributed by atoms with Gasteiger partial charge < -0.3 is 9.13 Å². The smallest absolute Gasteiger partial charge is 0.0541 e. The molecule has 0 aliphatic heterocycles. The molecule has 0 N–H and O–H groups in total. The van der Waals surface area contributed by atoms with Crippen molar-refractivity contribution in [2.45, 2.75) is 27.7 Å². The third-order valence-corrected chi connectivity index (χ3v) is 9.38. The highest BCUT2D eigenvalue weighted by Gasteiger charge is 2.21.